The van der Waals surface area contributed by atoms with E-state index in [1.165, 1.54) is 25.6 Å². The number of carbonyl (C=O) groups is 1. The smallest absolute Gasteiger partial charge is 0.329 e. The fourth-order valence-corrected chi connectivity index (χ4v) is 4.00. The Kier molecular flexibility index (Phi) is 4.42. The van der Waals surface area contributed by atoms with Crippen LogP contribution in [0, 0.1) is 20.8 Å². The Morgan fingerprint density at radius 2 is 1.75 bits per heavy atom. The minimum Gasteiger partial charge on any atom is -0.415 e. The SMILES string of the molecule is CC(=O)C1=CN(C)B(c2c(C)cc(C)cc2C)C(I)=C1. The molecule has 1 aromatic carbocycles. The minimum absolute atomic E-state index is 0.113. The summed E-state index contributed by atoms with van der Waals surface area (Å²) in [6.45, 7) is 8.28. The molecule has 0 spiro atoms. The molecule has 2 nitrogen and oxygen atoms in total. The number of carbonyl (C=O) groups excluding carboxylic acids is 1. The highest BCUT2D eigenvalue weighted by Gasteiger charge is 2.31. The highest BCUT2D eigenvalue weighted by Crippen LogP contribution is 2.24. The van der Waals surface area contributed by atoms with E-state index < -0.39 is 0 Å². The summed E-state index contributed by atoms with van der Waals surface area (Å²) in [5.41, 5.74) is 6.03. The number of allylic oxidation sites excluding steroid dienone is 2. The summed E-state index contributed by atoms with van der Waals surface area (Å²) in [5.74, 6) is 0.113. The molecule has 0 N–H and O–H groups in total. The molecule has 1 heterocycles. The Labute approximate surface area is 135 Å². The maximum atomic E-state index is 11.6. The Hall–Kier alpha value is -1.04. The van der Waals surface area contributed by atoms with Crippen molar-refractivity contribution < 1.29 is 4.79 Å². The maximum absolute atomic E-state index is 11.6. The Bertz CT molecular complexity index is 610. The number of Topliss-reactive ketones (excluding diaryl/α,β-unsaturated/α-hetero) is 1. The minimum atomic E-state index is 0.113. The lowest BCUT2D eigenvalue weighted by atomic mass is 9.51. The van der Waals surface area contributed by atoms with Gasteiger partial charge in [0.25, 0.3) is 0 Å². The fraction of sp³-hybridized carbons (Fsp3) is 0.312. The van der Waals surface area contributed by atoms with Crippen LogP contribution in [0.4, 0.5) is 0 Å². The first-order valence-corrected chi connectivity index (χ1v) is 7.78. The zero-order chi connectivity index (χ0) is 15.0. The molecule has 4 heteroatoms. The Morgan fingerprint density at radius 3 is 2.20 bits per heavy atom. The van der Waals surface area contributed by atoms with Crippen molar-refractivity contribution in [2.24, 2.45) is 0 Å². The van der Waals surface area contributed by atoms with Crippen molar-refractivity contribution in [2.45, 2.75) is 27.7 Å². The predicted octanol–water partition coefficient (Wildman–Crippen LogP) is 3.09. The molecule has 20 heavy (non-hydrogen) atoms. The van der Waals surface area contributed by atoms with Crippen LogP contribution in [0.15, 0.2) is 33.5 Å². The predicted molar refractivity (Wildman–Crippen MR) is 94.7 cm³/mol. The molecule has 2 rings (SSSR count). The molecular formula is C16H19BINO. The van der Waals surface area contributed by atoms with Crippen LogP contribution in [0.1, 0.15) is 23.6 Å². The molecule has 0 fully saturated rings. The second kappa shape index (κ2) is 5.76. The van der Waals surface area contributed by atoms with Crippen LogP contribution in [0.5, 0.6) is 0 Å². The van der Waals surface area contributed by atoms with Crippen LogP contribution >= 0.6 is 22.6 Å². The van der Waals surface area contributed by atoms with Gasteiger partial charge in [-0.2, -0.15) is 0 Å². The van der Waals surface area contributed by atoms with Crippen LogP contribution in [0.25, 0.3) is 0 Å². The number of aryl methyl sites for hydroxylation is 3. The first-order valence-electron chi connectivity index (χ1n) is 6.70. The van der Waals surface area contributed by atoms with Gasteiger partial charge in [-0.15, -0.1) is 0 Å². The van der Waals surface area contributed by atoms with E-state index in [1.54, 1.807) is 6.92 Å². The molecule has 0 saturated carbocycles. The lowest BCUT2D eigenvalue weighted by molar-refractivity contribution is -0.113. The zero-order valence-corrected chi connectivity index (χ0v) is 14.8. The van der Waals surface area contributed by atoms with E-state index >= 15 is 0 Å². The van der Waals surface area contributed by atoms with Gasteiger partial charge in [0.15, 0.2) is 5.78 Å². The Balaban J connectivity index is 2.51. The van der Waals surface area contributed by atoms with E-state index in [1.807, 2.05) is 19.3 Å². The van der Waals surface area contributed by atoms with Gasteiger partial charge in [0, 0.05) is 5.57 Å². The first-order chi connectivity index (χ1) is 9.31. The van der Waals surface area contributed by atoms with Crippen LogP contribution < -0.4 is 5.46 Å². The van der Waals surface area contributed by atoms with E-state index in [-0.39, 0.29) is 12.6 Å². The highest BCUT2D eigenvalue weighted by atomic mass is 127. The van der Waals surface area contributed by atoms with Gasteiger partial charge in [0.2, 0.25) is 0 Å². The monoisotopic (exact) mass is 379 g/mol. The highest BCUT2D eigenvalue weighted by molar-refractivity contribution is 14.1. The molecule has 0 aliphatic carbocycles. The molecule has 1 aliphatic heterocycles. The lowest BCUT2D eigenvalue weighted by Crippen LogP contribution is -2.48. The third kappa shape index (κ3) is 2.85. The van der Waals surface area contributed by atoms with Gasteiger partial charge in [0.1, 0.15) is 0 Å². The average molecular weight is 379 g/mol. The van der Waals surface area contributed by atoms with Crippen molar-refractivity contribution in [1.82, 2.24) is 4.81 Å². The number of rotatable bonds is 2. The second-order valence-corrected chi connectivity index (χ2v) is 6.80. The number of ketones is 1. The summed E-state index contributed by atoms with van der Waals surface area (Å²) in [6.07, 6.45) is 3.96. The summed E-state index contributed by atoms with van der Waals surface area (Å²) < 4.78 is 1.19. The number of hydrogen-bond acceptors (Lipinski definition) is 2. The van der Waals surface area contributed by atoms with E-state index in [0.717, 1.165) is 5.57 Å². The summed E-state index contributed by atoms with van der Waals surface area (Å²) >= 11 is 2.35. The topological polar surface area (TPSA) is 20.3 Å². The van der Waals surface area contributed by atoms with E-state index in [4.69, 9.17) is 0 Å². The van der Waals surface area contributed by atoms with Crippen molar-refractivity contribution in [3.63, 3.8) is 0 Å². The standard InChI is InChI=1S/C16H19BINO/c1-10-6-11(2)16(12(3)7-10)17-15(18)8-14(13(4)20)9-19(17)5/h6-9H,1-5H3. The third-order valence-electron chi connectivity index (χ3n) is 3.72. The normalized spacial score (nSPS) is 15.1. The van der Waals surface area contributed by atoms with Crippen molar-refractivity contribution in [3.8, 4) is 0 Å². The second-order valence-electron chi connectivity index (χ2n) is 5.55. The molecule has 0 atom stereocenters. The number of benzene rings is 1. The first kappa shape index (κ1) is 15.4. The molecule has 0 amide bonds. The molecule has 0 unspecified atom stereocenters. The molecule has 0 saturated heterocycles. The van der Waals surface area contributed by atoms with E-state index in [2.05, 4.69) is 60.3 Å². The van der Waals surface area contributed by atoms with Gasteiger partial charge < -0.3 is 4.81 Å². The van der Waals surface area contributed by atoms with E-state index in [9.17, 15) is 4.79 Å². The summed E-state index contributed by atoms with van der Waals surface area (Å²) in [7, 11) is 2.04. The summed E-state index contributed by atoms with van der Waals surface area (Å²) in [6, 6.07) is 4.45. The van der Waals surface area contributed by atoms with Crippen LogP contribution in [0.2, 0.25) is 0 Å². The molecule has 0 radical (unpaired) electrons. The molecule has 1 aliphatic rings. The lowest BCUT2D eigenvalue weighted by Gasteiger charge is -2.30. The van der Waals surface area contributed by atoms with Gasteiger partial charge in [-0.05, 0) is 56.0 Å². The van der Waals surface area contributed by atoms with Gasteiger partial charge in [-0.3, -0.25) is 4.79 Å². The Morgan fingerprint density at radius 1 is 1.20 bits per heavy atom. The largest absolute Gasteiger partial charge is 0.415 e. The van der Waals surface area contributed by atoms with Gasteiger partial charge >= 0.3 is 6.85 Å². The molecular weight excluding hydrogens is 360 g/mol. The fourth-order valence-electron chi connectivity index (χ4n) is 2.91. The molecule has 1 aromatic rings. The average Bonchev–Trinajstić information content (AvgIpc) is 2.30. The van der Waals surface area contributed by atoms with Gasteiger partial charge in [0.05, 0.1) is 0 Å². The summed E-state index contributed by atoms with van der Waals surface area (Å²) in [5, 5.41) is 0. The quantitative estimate of drug-likeness (QED) is 0.582. The van der Waals surface area contributed by atoms with Gasteiger partial charge in [-0.1, -0.05) is 51.4 Å². The van der Waals surface area contributed by atoms with E-state index in [0.29, 0.717) is 0 Å². The number of halogens is 1. The van der Waals surface area contributed by atoms with Crippen LogP contribution in [-0.4, -0.2) is 24.5 Å². The molecule has 0 aromatic heterocycles. The number of nitrogens with zero attached hydrogens (tertiary/aromatic N) is 1. The molecule has 0 bridgehead atoms. The third-order valence-corrected chi connectivity index (χ3v) is 4.62. The van der Waals surface area contributed by atoms with Gasteiger partial charge in [-0.25, -0.2) is 0 Å². The van der Waals surface area contributed by atoms with Crippen molar-refractivity contribution >= 4 is 40.7 Å². The number of hydrogen-bond donors (Lipinski definition) is 0. The van der Waals surface area contributed by atoms with Crippen molar-refractivity contribution in [1.29, 1.82) is 0 Å². The maximum Gasteiger partial charge on any atom is 0.329 e. The van der Waals surface area contributed by atoms with Crippen LogP contribution in [-0.2, 0) is 4.79 Å². The zero-order valence-electron chi connectivity index (χ0n) is 12.6. The van der Waals surface area contributed by atoms with Crippen molar-refractivity contribution in [2.75, 3.05) is 7.05 Å². The summed E-state index contributed by atoms with van der Waals surface area (Å²) in [4.78, 5) is 13.7. The van der Waals surface area contributed by atoms with Crippen LogP contribution in [0.3, 0.4) is 0 Å². The molecule has 104 valence electrons. The van der Waals surface area contributed by atoms with Crippen molar-refractivity contribution in [3.05, 3.63) is 50.2 Å².